The molecule has 94 valence electrons. The van der Waals surface area contributed by atoms with Crippen LogP contribution < -0.4 is 10.1 Å². The van der Waals surface area contributed by atoms with Gasteiger partial charge in [0, 0.05) is 29.0 Å². The molecule has 1 heterocycles. The molecule has 0 fully saturated rings. The summed E-state index contributed by atoms with van der Waals surface area (Å²) in [6.07, 6.45) is 1.80. The summed E-state index contributed by atoms with van der Waals surface area (Å²) >= 11 is 0. The SMILES string of the molecule is COc1ccc2c(Nc3ccccc3)ccnc2c1. The van der Waals surface area contributed by atoms with Crippen LogP contribution in [0.5, 0.6) is 5.75 Å². The summed E-state index contributed by atoms with van der Waals surface area (Å²) in [5.74, 6) is 0.817. The quantitative estimate of drug-likeness (QED) is 0.763. The van der Waals surface area contributed by atoms with Crippen LogP contribution in [0.15, 0.2) is 60.8 Å². The molecular weight excluding hydrogens is 236 g/mol. The molecule has 0 unspecified atom stereocenters. The highest BCUT2D eigenvalue weighted by Gasteiger charge is 2.03. The molecule has 3 rings (SSSR count). The molecule has 3 aromatic rings. The Kier molecular flexibility index (Phi) is 3.02. The number of fused-ring (bicyclic) bond motifs is 1. The minimum atomic E-state index is 0.817. The minimum absolute atomic E-state index is 0.817. The predicted octanol–water partition coefficient (Wildman–Crippen LogP) is 3.99. The third-order valence-electron chi connectivity index (χ3n) is 3.00. The normalized spacial score (nSPS) is 10.4. The van der Waals surface area contributed by atoms with Crippen LogP contribution in [0.25, 0.3) is 10.9 Å². The second-order valence-electron chi connectivity index (χ2n) is 4.23. The number of benzene rings is 2. The van der Waals surface area contributed by atoms with Crippen LogP contribution in [-0.2, 0) is 0 Å². The Morgan fingerprint density at radius 1 is 1.00 bits per heavy atom. The first-order valence-electron chi connectivity index (χ1n) is 6.11. The summed E-state index contributed by atoms with van der Waals surface area (Å²) in [4.78, 5) is 4.37. The van der Waals surface area contributed by atoms with Gasteiger partial charge in [-0.05, 0) is 30.3 Å². The van der Waals surface area contributed by atoms with E-state index < -0.39 is 0 Å². The number of anilines is 2. The summed E-state index contributed by atoms with van der Waals surface area (Å²) in [6.45, 7) is 0. The molecule has 0 spiro atoms. The van der Waals surface area contributed by atoms with Crippen molar-refractivity contribution in [1.29, 1.82) is 0 Å². The summed E-state index contributed by atoms with van der Waals surface area (Å²) in [5, 5.41) is 4.48. The van der Waals surface area contributed by atoms with E-state index in [2.05, 4.69) is 10.3 Å². The molecule has 3 heteroatoms. The number of ether oxygens (including phenoxy) is 1. The van der Waals surface area contributed by atoms with E-state index in [1.807, 2.05) is 54.6 Å². The van der Waals surface area contributed by atoms with Crippen molar-refractivity contribution in [3.8, 4) is 5.75 Å². The monoisotopic (exact) mass is 250 g/mol. The Balaban J connectivity index is 2.04. The average Bonchev–Trinajstić information content (AvgIpc) is 2.48. The first kappa shape index (κ1) is 11.5. The highest BCUT2D eigenvalue weighted by Crippen LogP contribution is 2.27. The van der Waals surface area contributed by atoms with Crippen molar-refractivity contribution >= 4 is 22.3 Å². The maximum atomic E-state index is 5.22. The maximum absolute atomic E-state index is 5.22. The van der Waals surface area contributed by atoms with Gasteiger partial charge < -0.3 is 10.1 Å². The van der Waals surface area contributed by atoms with Crippen LogP contribution in [-0.4, -0.2) is 12.1 Å². The van der Waals surface area contributed by atoms with E-state index in [1.54, 1.807) is 13.3 Å². The zero-order valence-electron chi connectivity index (χ0n) is 10.6. The Morgan fingerprint density at radius 2 is 1.84 bits per heavy atom. The Labute approximate surface area is 111 Å². The Hall–Kier alpha value is -2.55. The van der Waals surface area contributed by atoms with E-state index in [1.165, 1.54) is 0 Å². The number of methoxy groups -OCH3 is 1. The average molecular weight is 250 g/mol. The molecule has 0 saturated carbocycles. The zero-order valence-corrected chi connectivity index (χ0v) is 10.6. The number of rotatable bonds is 3. The summed E-state index contributed by atoms with van der Waals surface area (Å²) < 4.78 is 5.22. The molecule has 0 aliphatic rings. The zero-order chi connectivity index (χ0) is 13.1. The van der Waals surface area contributed by atoms with Crippen molar-refractivity contribution < 1.29 is 4.74 Å². The number of pyridine rings is 1. The lowest BCUT2D eigenvalue weighted by molar-refractivity contribution is 0.415. The number of para-hydroxylation sites is 1. The Morgan fingerprint density at radius 3 is 2.63 bits per heavy atom. The molecule has 0 aliphatic heterocycles. The van der Waals surface area contributed by atoms with Crippen LogP contribution in [0, 0.1) is 0 Å². The number of hydrogen-bond acceptors (Lipinski definition) is 3. The number of aromatic nitrogens is 1. The number of nitrogens with zero attached hydrogens (tertiary/aromatic N) is 1. The van der Waals surface area contributed by atoms with E-state index in [4.69, 9.17) is 4.74 Å². The first-order valence-corrected chi connectivity index (χ1v) is 6.11. The van der Waals surface area contributed by atoms with E-state index >= 15 is 0 Å². The lowest BCUT2D eigenvalue weighted by Crippen LogP contribution is -1.92. The fraction of sp³-hybridized carbons (Fsp3) is 0.0625. The summed E-state index contributed by atoms with van der Waals surface area (Å²) in [5.41, 5.74) is 3.02. The van der Waals surface area contributed by atoms with Crippen molar-refractivity contribution in [1.82, 2.24) is 4.98 Å². The highest BCUT2D eigenvalue weighted by atomic mass is 16.5. The highest BCUT2D eigenvalue weighted by molar-refractivity contribution is 5.93. The van der Waals surface area contributed by atoms with Crippen molar-refractivity contribution in [3.05, 3.63) is 60.8 Å². The maximum Gasteiger partial charge on any atom is 0.121 e. The first-order chi connectivity index (χ1) is 9.36. The van der Waals surface area contributed by atoms with Gasteiger partial charge in [0.15, 0.2) is 0 Å². The molecule has 0 aliphatic carbocycles. The molecule has 0 amide bonds. The minimum Gasteiger partial charge on any atom is -0.497 e. The van der Waals surface area contributed by atoms with Crippen molar-refractivity contribution in [2.45, 2.75) is 0 Å². The van der Waals surface area contributed by atoms with E-state index in [-0.39, 0.29) is 0 Å². The fourth-order valence-corrected chi connectivity index (χ4v) is 2.04. The third-order valence-corrected chi connectivity index (χ3v) is 3.00. The molecule has 1 N–H and O–H groups in total. The topological polar surface area (TPSA) is 34.1 Å². The van der Waals surface area contributed by atoms with Crippen LogP contribution >= 0.6 is 0 Å². The van der Waals surface area contributed by atoms with Gasteiger partial charge in [-0.2, -0.15) is 0 Å². The van der Waals surface area contributed by atoms with E-state index in [0.717, 1.165) is 28.0 Å². The van der Waals surface area contributed by atoms with Gasteiger partial charge in [0.25, 0.3) is 0 Å². The van der Waals surface area contributed by atoms with Crippen molar-refractivity contribution in [2.24, 2.45) is 0 Å². The molecule has 1 aromatic heterocycles. The fourth-order valence-electron chi connectivity index (χ4n) is 2.04. The Bertz CT molecular complexity index is 695. The van der Waals surface area contributed by atoms with Crippen LogP contribution in [0.2, 0.25) is 0 Å². The van der Waals surface area contributed by atoms with Gasteiger partial charge >= 0.3 is 0 Å². The third kappa shape index (κ3) is 2.36. The molecule has 0 radical (unpaired) electrons. The molecule has 0 atom stereocenters. The standard InChI is InChI=1S/C16H14N2O/c1-19-13-7-8-14-15(9-10-17-16(14)11-13)18-12-5-3-2-4-6-12/h2-11H,1H3,(H,17,18). The van der Waals surface area contributed by atoms with Gasteiger partial charge in [0.1, 0.15) is 5.75 Å². The number of hydrogen-bond donors (Lipinski definition) is 1. The van der Waals surface area contributed by atoms with Gasteiger partial charge in [-0.1, -0.05) is 18.2 Å². The predicted molar refractivity (Wildman–Crippen MR) is 78.0 cm³/mol. The molecular formula is C16H14N2O. The van der Waals surface area contributed by atoms with Gasteiger partial charge in [-0.15, -0.1) is 0 Å². The van der Waals surface area contributed by atoms with Gasteiger partial charge in [0.05, 0.1) is 12.6 Å². The number of nitrogens with one attached hydrogen (secondary N) is 1. The van der Waals surface area contributed by atoms with Crippen molar-refractivity contribution in [2.75, 3.05) is 12.4 Å². The second-order valence-corrected chi connectivity index (χ2v) is 4.23. The van der Waals surface area contributed by atoms with E-state index in [0.29, 0.717) is 0 Å². The van der Waals surface area contributed by atoms with E-state index in [9.17, 15) is 0 Å². The largest absolute Gasteiger partial charge is 0.497 e. The smallest absolute Gasteiger partial charge is 0.121 e. The lowest BCUT2D eigenvalue weighted by atomic mass is 10.1. The van der Waals surface area contributed by atoms with Crippen LogP contribution in [0.3, 0.4) is 0 Å². The second kappa shape index (κ2) is 4.98. The van der Waals surface area contributed by atoms with Crippen LogP contribution in [0.4, 0.5) is 11.4 Å². The van der Waals surface area contributed by atoms with Crippen LogP contribution in [0.1, 0.15) is 0 Å². The molecule has 19 heavy (non-hydrogen) atoms. The molecule has 0 saturated heterocycles. The lowest BCUT2D eigenvalue weighted by Gasteiger charge is -2.10. The molecule has 0 bridgehead atoms. The molecule has 2 aromatic carbocycles. The summed E-state index contributed by atoms with van der Waals surface area (Å²) in [6, 6.07) is 18.0. The summed E-state index contributed by atoms with van der Waals surface area (Å²) in [7, 11) is 1.66. The van der Waals surface area contributed by atoms with Crippen molar-refractivity contribution in [3.63, 3.8) is 0 Å². The van der Waals surface area contributed by atoms with Gasteiger partial charge in [-0.25, -0.2) is 0 Å². The van der Waals surface area contributed by atoms with Gasteiger partial charge in [0.2, 0.25) is 0 Å². The van der Waals surface area contributed by atoms with Gasteiger partial charge in [-0.3, -0.25) is 4.98 Å². The molecule has 3 nitrogen and oxygen atoms in total.